The van der Waals surface area contributed by atoms with Crippen LogP contribution in [0.1, 0.15) is 31.4 Å². The Balaban J connectivity index is 1.64. The maximum atomic E-state index is 13.4. The van der Waals surface area contributed by atoms with Gasteiger partial charge in [0.15, 0.2) is 11.6 Å². The van der Waals surface area contributed by atoms with E-state index in [1.807, 2.05) is 0 Å². The number of rotatable bonds is 8. The van der Waals surface area contributed by atoms with Gasteiger partial charge in [-0.3, -0.25) is 14.5 Å². The summed E-state index contributed by atoms with van der Waals surface area (Å²) in [6, 6.07) is 6.76. The van der Waals surface area contributed by atoms with Crippen molar-refractivity contribution in [3.8, 4) is 11.3 Å². The minimum atomic E-state index is -0.961. The van der Waals surface area contributed by atoms with Gasteiger partial charge in [-0.2, -0.15) is 0 Å². The Labute approximate surface area is 175 Å². The second kappa shape index (κ2) is 9.32. The van der Waals surface area contributed by atoms with Gasteiger partial charge in [0.1, 0.15) is 15.8 Å². The Morgan fingerprint density at radius 3 is 2.69 bits per heavy atom. The van der Waals surface area contributed by atoms with Crippen molar-refractivity contribution in [2.24, 2.45) is 5.73 Å². The van der Waals surface area contributed by atoms with Crippen LogP contribution in [0, 0.1) is 11.6 Å². The van der Waals surface area contributed by atoms with Crippen LogP contribution in [0.4, 0.5) is 8.78 Å². The Bertz CT molecular complexity index is 988. The van der Waals surface area contributed by atoms with Gasteiger partial charge in [-0.15, -0.1) is 0 Å². The number of unbranched alkanes of at least 4 members (excludes halogenated alkanes) is 2. The van der Waals surface area contributed by atoms with Crippen LogP contribution >= 0.6 is 24.0 Å². The molecule has 1 saturated heterocycles. The standard InChI is InChI=1S/C20H18F2N2O3S2/c21-14-7-5-12(10-15(14)22)16-8-6-13(27-16)11-17-19(26)24(20(28)29-17)9-3-1-2-4-18(23)25/h5-8,10-11H,1-4,9H2,(H2,23,25)/b17-11+. The lowest BCUT2D eigenvalue weighted by atomic mass is 10.1. The van der Waals surface area contributed by atoms with Crippen LogP contribution in [0.25, 0.3) is 17.4 Å². The SMILES string of the molecule is NC(=O)CCCCCN1C(=O)/C(=C\c2ccc(-c3ccc(F)c(F)c3)o2)SC1=S. The number of benzene rings is 1. The molecule has 1 aliphatic heterocycles. The molecule has 0 spiro atoms. The van der Waals surface area contributed by atoms with Crippen molar-refractivity contribution in [3.63, 3.8) is 0 Å². The van der Waals surface area contributed by atoms with E-state index in [0.29, 0.717) is 52.1 Å². The lowest BCUT2D eigenvalue weighted by Crippen LogP contribution is -2.29. The number of thiocarbonyl (C=S) groups is 1. The fourth-order valence-corrected chi connectivity index (χ4v) is 4.09. The summed E-state index contributed by atoms with van der Waals surface area (Å²) in [4.78, 5) is 25.3. The number of carbonyl (C=O) groups excluding carboxylic acids is 2. The van der Waals surface area contributed by atoms with Crippen molar-refractivity contribution in [1.82, 2.24) is 4.90 Å². The van der Waals surface area contributed by atoms with Crippen LogP contribution in [0.5, 0.6) is 0 Å². The van der Waals surface area contributed by atoms with Crippen molar-refractivity contribution >= 4 is 46.2 Å². The number of furan rings is 1. The summed E-state index contributed by atoms with van der Waals surface area (Å²) in [7, 11) is 0. The highest BCUT2D eigenvalue weighted by Crippen LogP contribution is 2.34. The molecule has 1 aliphatic rings. The molecular formula is C20H18F2N2O3S2. The maximum Gasteiger partial charge on any atom is 0.266 e. The third kappa shape index (κ3) is 5.30. The zero-order valence-electron chi connectivity index (χ0n) is 15.3. The molecule has 2 aromatic rings. The first-order chi connectivity index (χ1) is 13.8. The molecule has 2 amide bonds. The Kier molecular flexibility index (Phi) is 6.81. The fraction of sp³-hybridized carbons (Fsp3) is 0.250. The van der Waals surface area contributed by atoms with Crippen molar-refractivity contribution in [1.29, 1.82) is 0 Å². The van der Waals surface area contributed by atoms with Gasteiger partial charge < -0.3 is 10.2 Å². The number of hydrogen-bond acceptors (Lipinski definition) is 5. The van der Waals surface area contributed by atoms with E-state index in [1.54, 1.807) is 18.2 Å². The second-order valence-corrected chi connectivity index (χ2v) is 8.12. The molecule has 2 N–H and O–H groups in total. The maximum absolute atomic E-state index is 13.4. The van der Waals surface area contributed by atoms with Gasteiger partial charge in [0, 0.05) is 24.6 Å². The number of amides is 2. The third-order valence-electron chi connectivity index (χ3n) is 4.28. The summed E-state index contributed by atoms with van der Waals surface area (Å²) in [6.07, 6.45) is 4.08. The van der Waals surface area contributed by atoms with Gasteiger partial charge in [0.2, 0.25) is 5.91 Å². The average Bonchev–Trinajstić information content (AvgIpc) is 3.23. The minimum Gasteiger partial charge on any atom is -0.457 e. The number of nitrogens with zero attached hydrogens (tertiary/aromatic N) is 1. The number of thioether (sulfide) groups is 1. The van der Waals surface area contributed by atoms with E-state index in [-0.39, 0.29) is 11.8 Å². The lowest BCUT2D eigenvalue weighted by Gasteiger charge is -2.13. The molecular weight excluding hydrogens is 418 g/mol. The second-order valence-electron chi connectivity index (χ2n) is 6.44. The molecule has 1 aromatic heterocycles. The van der Waals surface area contributed by atoms with E-state index in [1.165, 1.54) is 22.7 Å². The number of primary amides is 1. The summed E-state index contributed by atoms with van der Waals surface area (Å²) in [5, 5.41) is 0. The van der Waals surface area contributed by atoms with E-state index in [2.05, 4.69) is 0 Å². The fourth-order valence-electron chi connectivity index (χ4n) is 2.80. The predicted molar refractivity (Wildman–Crippen MR) is 112 cm³/mol. The molecule has 0 bridgehead atoms. The first-order valence-corrected chi connectivity index (χ1v) is 10.2. The third-order valence-corrected chi connectivity index (χ3v) is 5.66. The quantitative estimate of drug-likeness (QED) is 0.375. The van der Waals surface area contributed by atoms with Gasteiger partial charge in [-0.1, -0.05) is 30.4 Å². The first kappa shape index (κ1) is 21.2. The zero-order valence-corrected chi connectivity index (χ0v) is 17.0. The van der Waals surface area contributed by atoms with E-state index in [4.69, 9.17) is 22.4 Å². The van der Waals surface area contributed by atoms with Crippen LogP contribution in [-0.4, -0.2) is 27.6 Å². The van der Waals surface area contributed by atoms with E-state index in [0.717, 1.165) is 18.6 Å². The molecule has 0 unspecified atom stereocenters. The van der Waals surface area contributed by atoms with Gasteiger partial charge >= 0.3 is 0 Å². The lowest BCUT2D eigenvalue weighted by molar-refractivity contribution is -0.122. The van der Waals surface area contributed by atoms with Gasteiger partial charge in [0.05, 0.1) is 4.91 Å². The largest absolute Gasteiger partial charge is 0.457 e. The van der Waals surface area contributed by atoms with Crippen LogP contribution in [0.15, 0.2) is 39.7 Å². The molecule has 9 heteroatoms. The van der Waals surface area contributed by atoms with Crippen molar-refractivity contribution in [2.45, 2.75) is 25.7 Å². The molecule has 3 rings (SSSR count). The molecule has 29 heavy (non-hydrogen) atoms. The summed E-state index contributed by atoms with van der Waals surface area (Å²) >= 11 is 6.46. The molecule has 5 nitrogen and oxygen atoms in total. The molecule has 1 fully saturated rings. The molecule has 0 aliphatic carbocycles. The number of hydrogen-bond donors (Lipinski definition) is 1. The molecule has 152 valence electrons. The van der Waals surface area contributed by atoms with Crippen molar-refractivity contribution < 1.29 is 22.8 Å². The summed E-state index contributed by atoms with van der Waals surface area (Å²) in [6.45, 7) is 0.471. The first-order valence-electron chi connectivity index (χ1n) is 8.94. The smallest absolute Gasteiger partial charge is 0.266 e. The molecule has 0 saturated carbocycles. The van der Waals surface area contributed by atoms with E-state index < -0.39 is 11.6 Å². The van der Waals surface area contributed by atoms with E-state index >= 15 is 0 Å². The monoisotopic (exact) mass is 436 g/mol. The summed E-state index contributed by atoms with van der Waals surface area (Å²) in [5.74, 6) is -1.66. The summed E-state index contributed by atoms with van der Waals surface area (Å²) in [5.41, 5.74) is 5.50. The highest BCUT2D eigenvalue weighted by atomic mass is 32.2. The predicted octanol–water partition coefficient (Wildman–Crippen LogP) is 4.47. The average molecular weight is 437 g/mol. The minimum absolute atomic E-state index is 0.208. The Morgan fingerprint density at radius 1 is 1.17 bits per heavy atom. The Morgan fingerprint density at radius 2 is 1.97 bits per heavy atom. The van der Waals surface area contributed by atoms with Crippen molar-refractivity contribution in [2.75, 3.05) is 6.54 Å². The Hall–Kier alpha value is -2.52. The van der Waals surface area contributed by atoms with Gasteiger partial charge in [-0.05, 0) is 43.2 Å². The summed E-state index contributed by atoms with van der Waals surface area (Å²) < 4.78 is 32.6. The van der Waals surface area contributed by atoms with Gasteiger partial charge in [-0.25, -0.2) is 8.78 Å². The highest BCUT2D eigenvalue weighted by molar-refractivity contribution is 8.26. The topological polar surface area (TPSA) is 76.5 Å². The van der Waals surface area contributed by atoms with Crippen LogP contribution in [-0.2, 0) is 9.59 Å². The highest BCUT2D eigenvalue weighted by Gasteiger charge is 2.31. The molecule has 0 atom stereocenters. The zero-order chi connectivity index (χ0) is 21.0. The van der Waals surface area contributed by atoms with Crippen LogP contribution < -0.4 is 5.73 Å². The van der Waals surface area contributed by atoms with Gasteiger partial charge in [0.25, 0.3) is 5.91 Å². The number of nitrogens with two attached hydrogens (primary N) is 1. The molecule has 1 aromatic carbocycles. The molecule has 2 heterocycles. The number of halogens is 2. The van der Waals surface area contributed by atoms with Crippen molar-refractivity contribution in [3.05, 3.63) is 52.6 Å². The van der Waals surface area contributed by atoms with Crippen LogP contribution in [0.2, 0.25) is 0 Å². The van der Waals surface area contributed by atoms with E-state index in [9.17, 15) is 18.4 Å². The molecule has 0 radical (unpaired) electrons. The normalized spacial score (nSPS) is 15.5. The van der Waals surface area contributed by atoms with Crippen LogP contribution in [0.3, 0.4) is 0 Å². The number of carbonyl (C=O) groups is 2.